The molecule has 0 bridgehead atoms. The van der Waals surface area contributed by atoms with E-state index < -0.39 is 20.5 Å². The molecule has 0 unspecified atom stereocenters. The van der Waals surface area contributed by atoms with Crippen LogP contribution >= 0.6 is 69.6 Å². The summed E-state index contributed by atoms with van der Waals surface area (Å²) in [5, 5.41) is 22.3. The van der Waals surface area contributed by atoms with E-state index in [1.165, 1.54) is 193 Å². The van der Waals surface area contributed by atoms with Crippen molar-refractivity contribution in [3.8, 4) is 23.0 Å². The summed E-state index contributed by atoms with van der Waals surface area (Å²) >= 11 is 28.8. The Hall–Kier alpha value is -3.76. The topological polar surface area (TPSA) is 142 Å². The van der Waals surface area contributed by atoms with Gasteiger partial charge < -0.3 is 29.2 Å². The molecule has 0 spiro atoms. The fraction of sp³-hybridized carbons (Fsp3) is 0.543. The molecule has 0 aliphatic heterocycles. The van der Waals surface area contributed by atoms with Gasteiger partial charge in [-0.1, -0.05) is 276 Å². The molecule has 17 heteroatoms. The number of alkyl halides is 6. The molecule has 0 amide bonds. The van der Waals surface area contributed by atoms with E-state index in [4.69, 9.17) is 88.6 Å². The van der Waals surface area contributed by atoms with Crippen molar-refractivity contribution < 1.29 is 59.2 Å². The Balaban J connectivity index is 0.00000150. The minimum atomic E-state index is -0.750. The van der Waals surface area contributed by atoms with Gasteiger partial charge in [-0.25, -0.2) is 9.59 Å². The second-order valence-electron chi connectivity index (χ2n) is 21.2. The Morgan fingerprint density at radius 3 is 0.828 bits per heavy atom. The molecule has 0 atom stereocenters. The zero-order valence-electron chi connectivity index (χ0n) is 52.5. The van der Waals surface area contributed by atoms with Crippen molar-refractivity contribution in [3.63, 3.8) is 0 Å². The minimum Gasteiger partial charge on any atom is -0.876 e. The molecule has 488 valence electrons. The number of aliphatic imine (C=N–C) groups is 2. The molecule has 87 heavy (non-hydrogen) atoms. The summed E-state index contributed by atoms with van der Waals surface area (Å²) in [6, 6.07) is 27.9. The van der Waals surface area contributed by atoms with Gasteiger partial charge in [-0.15, -0.1) is 11.5 Å². The maximum Gasteiger partial charge on any atom is 2.00 e. The monoisotopic (exact) mass is 1410 g/mol. The van der Waals surface area contributed by atoms with Crippen molar-refractivity contribution in [3.05, 3.63) is 132 Å². The van der Waals surface area contributed by atoms with Crippen LogP contribution in [0.3, 0.4) is 0 Å². The molecule has 0 heterocycles. The quantitative estimate of drug-likeness (QED) is 0.00815. The van der Waals surface area contributed by atoms with Gasteiger partial charge in [-0.2, -0.15) is 0 Å². The van der Waals surface area contributed by atoms with Crippen LogP contribution in [-0.2, 0) is 20.4 Å². The molecule has 0 aliphatic carbocycles. The summed E-state index contributed by atoms with van der Waals surface area (Å²) in [6.07, 6.45) is 40.5. The van der Waals surface area contributed by atoms with E-state index in [-0.39, 0.29) is 31.9 Å². The van der Waals surface area contributed by atoms with Gasteiger partial charge in [0.2, 0.25) is 0 Å². The first-order valence-electron chi connectivity index (χ1n) is 31.2. The normalized spacial score (nSPS) is 11.6. The smallest absolute Gasteiger partial charge is 0.876 e. The summed E-state index contributed by atoms with van der Waals surface area (Å²) in [4.78, 5) is 33.7. The van der Waals surface area contributed by atoms with Gasteiger partial charge in [-0.05, 0) is 124 Å². The Kier molecular flexibility index (Phi) is 53.8. The van der Waals surface area contributed by atoms with Crippen molar-refractivity contribution in [2.45, 2.75) is 230 Å². The number of allylic oxidation sites excluding steroid dienone is 4. The number of unbranched alkanes of at least 4 members (excludes halogenated alkanes) is 26. The summed E-state index contributed by atoms with van der Waals surface area (Å²) in [5.41, 5.74) is 3.55. The fourth-order valence-electron chi connectivity index (χ4n) is 8.92. The number of carbonyl (C=O) groups excluding carboxylic acids is 2. The molecule has 0 saturated heterocycles. The van der Waals surface area contributed by atoms with Crippen molar-refractivity contribution in [2.75, 3.05) is 13.2 Å². The number of carbonyl (C=O) groups is 2. The molecule has 10 nitrogen and oxygen atoms in total. The largest absolute Gasteiger partial charge is 2.00 e. The van der Waals surface area contributed by atoms with Crippen LogP contribution in [0.1, 0.15) is 242 Å². The third-order valence-corrected chi connectivity index (χ3v) is 13.2. The first kappa shape index (κ1) is 83.2. The maximum atomic E-state index is 12.5. The van der Waals surface area contributed by atoms with Gasteiger partial charge in [0, 0.05) is 11.4 Å². The summed E-state index contributed by atoms with van der Waals surface area (Å²) in [7, 11) is 0. The minimum absolute atomic E-state index is 0. The predicted molar refractivity (Wildman–Crippen MR) is 363 cm³/mol. The molecule has 0 N–H and O–H groups in total. The zero-order chi connectivity index (χ0) is 63.4. The first-order valence-corrected chi connectivity index (χ1v) is 33.8. The number of esters is 2. The van der Waals surface area contributed by atoms with Gasteiger partial charge in [0.05, 0.1) is 35.7 Å². The van der Waals surface area contributed by atoms with Crippen molar-refractivity contribution in [2.24, 2.45) is 9.98 Å². The summed E-state index contributed by atoms with van der Waals surface area (Å²) in [5.74, 6) is 1.45. The van der Waals surface area contributed by atoms with Crippen LogP contribution in [0.2, 0.25) is 0 Å². The zero-order valence-corrected chi connectivity index (χ0v) is 58.6. The van der Waals surface area contributed by atoms with E-state index in [1.807, 2.05) is 24.3 Å². The molecule has 4 aromatic rings. The molecule has 0 radical (unpaired) electrons. The molecular weight excluding hydrogens is 1320 g/mol. The Labute approximate surface area is 567 Å². The molecule has 0 fully saturated rings. The second-order valence-corrected chi connectivity index (χ2v) is 25.2. The van der Waals surface area contributed by atoms with Gasteiger partial charge in [0.25, 0.3) is 0 Å². The molecule has 4 aromatic carbocycles. The van der Waals surface area contributed by atoms with E-state index >= 15 is 0 Å². The predicted octanol–water partition coefficient (Wildman–Crippen LogP) is 22.2. The van der Waals surface area contributed by atoms with Crippen molar-refractivity contribution in [1.82, 2.24) is 0 Å². The second kappa shape index (κ2) is 56.2. The third-order valence-electron chi connectivity index (χ3n) is 13.2. The van der Waals surface area contributed by atoms with Crippen molar-refractivity contribution >= 4 is 104 Å². The van der Waals surface area contributed by atoms with Crippen LogP contribution in [0, 0.1) is 0 Å². The average Bonchev–Trinajstić information content (AvgIpc) is 3.12. The van der Waals surface area contributed by atoms with Crippen LogP contribution < -0.4 is 29.2 Å². The standard InChI is InChI=1S/2C34H49NO4.2CHCl3.Pd/c2*1-4-5-6-7-8-9-10-11-12-13-14-15-16-17-26-38-32-22-18-30(19-23-32)34(37)39-33-24-20-31(21-25-33)35-28(2)27-29(3)36;2*2-1(3)4;/h2*18-25,27,36H,4-17,26H2,1-3H3;2*1H;/q;;;;+2/p-2/b2*29-27-,35-28?;;;. The molecule has 0 saturated carbocycles. The van der Waals surface area contributed by atoms with Gasteiger partial charge in [0.15, 0.2) is 8.59 Å². The van der Waals surface area contributed by atoms with Gasteiger partial charge >= 0.3 is 32.4 Å². The van der Waals surface area contributed by atoms with Gasteiger partial charge in [0.1, 0.15) is 23.0 Å². The molecule has 0 aromatic heterocycles. The van der Waals surface area contributed by atoms with Crippen LogP contribution in [0.4, 0.5) is 11.4 Å². The van der Waals surface area contributed by atoms with Gasteiger partial charge in [-0.3, -0.25) is 9.98 Å². The number of hydrogen-bond donors (Lipinski definition) is 0. The van der Waals surface area contributed by atoms with E-state index in [1.54, 1.807) is 86.6 Å². The molecular formula is C70H98Cl6N2O8Pd. The summed E-state index contributed by atoms with van der Waals surface area (Å²) < 4.78 is 21.1. The SMILES string of the molecule is CCCCCCCCCCCCCCCCOc1ccc(C(=O)Oc2ccc(N=C(C)/C=C(/C)[O-])cc2)cc1.CCCCCCCCCCCCCCCCOc1ccc(C(=O)Oc2ccc(N=C(C)/C=C(/C)[O-])cc2)cc1.ClC(Cl)Cl.ClC(Cl)Cl.[Pd+2]. The number of halogens is 6. The van der Waals surface area contributed by atoms with Crippen LogP contribution in [0.5, 0.6) is 23.0 Å². The number of hydrogen-bond acceptors (Lipinski definition) is 10. The Morgan fingerprint density at radius 2 is 0.598 bits per heavy atom. The van der Waals surface area contributed by atoms with Crippen molar-refractivity contribution in [1.29, 1.82) is 0 Å². The molecule has 0 aliphatic rings. The average molecular weight is 1410 g/mol. The maximum absolute atomic E-state index is 12.5. The van der Waals surface area contributed by atoms with Crippen LogP contribution in [0.15, 0.2) is 131 Å². The van der Waals surface area contributed by atoms with Crippen LogP contribution in [-0.4, -0.2) is 45.2 Å². The van der Waals surface area contributed by atoms with E-state index in [0.29, 0.717) is 58.6 Å². The number of ether oxygens (including phenoxy) is 4. The number of rotatable bonds is 40. The fourth-order valence-corrected chi connectivity index (χ4v) is 8.92. The summed E-state index contributed by atoms with van der Waals surface area (Å²) in [6.45, 7) is 12.4. The van der Waals surface area contributed by atoms with Crippen LogP contribution in [0.25, 0.3) is 0 Å². The Bertz CT molecular complexity index is 2270. The third kappa shape index (κ3) is 50.7. The van der Waals surface area contributed by atoms with E-state index in [0.717, 1.165) is 24.3 Å². The number of nitrogens with zero attached hydrogens (tertiary/aromatic N) is 2. The molecule has 4 rings (SSSR count). The first-order chi connectivity index (χ1) is 41.4. The van der Waals surface area contributed by atoms with E-state index in [2.05, 4.69) is 23.8 Å². The Morgan fingerprint density at radius 1 is 0.379 bits per heavy atom. The van der Waals surface area contributed by atoms with E-state index in [9.17, 15) is 19.8 Å². The number of benzene rings is 4.